The highest BCUT2D eigenvalue weighted by Crippen LogP contribution is 2.37. The minimum Gasteiger partial charge on any atom is -0.339 e. The van der Waals surface area contributed by atoms with Crippen molar-refractivity contribution in [3.8, 4) is 0 Å². The third-order valence-electron chi connectivity index (χ3n) is 5.17. The van der Waals surface area contributed by atoms with Crippen molar-refractivity contribution in [2.24, 2.45) is 0 Å². The predicted molar refractivity (Wildman–Crippen MR) is 128 cm³/mol. The first kappa shape index (κ1) is 21.0. The average Bonchev–Trinajstić information content (AvgIpc) is 3.54. The predicted octanol–water partition coefficient (Wildman–Crippen LogP) is 4.64. The molecule has 164 valence electrons. The van der Waals surface area contributed by atoms with Gasteiger partial charge in [0.15, 0.2) is 0 Å². The zero-order valence-corrected chi connectivity index (χ0v) is 19.2. The van der Waals surface area contributed by atoms with Crippen LogP contribution >= 0.6 is 15.9 Å². The van der Waals surface area contributed by atoms with Gasteiger partial charge in [-0.15, -0.1) is 0 Å². The highest BCUT2D eigenvalue weighted by Gasteiger charge is 2.25. The molecule has 0 aliphatic heterocycles. The van der Waals surface area contributed by atoms with Gasteiger partial charge < -0.3 is 15.2 Å². The number of nitrogens with zero attached hydrogens (tertiary/aromatic N) is 4. The van der Waals surface area contributed by atoms with Crippen LogP contribution in [0.1, 0.15) is 24.4 Å². The molecule has 0 radical (unpaired) electrons. The standard InChI is InChI=1S/C21H20BrN7O2S/c22-16-11-23-21(26-14-5-8-18-19(9-14)29(12-24-18)15-6-7-15)28-20(16)27-17-4-2-1-3-13(17)10-25-32(30)31/h1-5,8-9,11-12,15,25H,6-7,10H2,(H,30,31)(H2,23,26,27,28). The van der Waals surface area contributed by atoms with Crippen LogP contribution in [0, 0.1) is 0 Å². The number of hydrogen-bond acceptors (Lipinski definition) is 6. The smallest absolute Gasteiger partial charge is 0.232 e. The van der Waals surface area contributed by atoms with Gasteiger partial charge >= 0.3 is 0 Å². The first-order chi connectivity index (χ1) is 15.6. The molecule has 4 aromatic rings. The van der Waals surface area contributed by atoms with E-state index in [0.29, 0.717) is 22.3 Å². The third-order valence-corrected chi connectivity index (χ3v) is 6.14. The van der Waals surface area contributed by atoms with Crippen molar-refractivity contribution in [1.82, 2.24) is 24.2 Å². The van der Waals surface area contributed by atoms with Crippen LogP contribution in [0.15, 0.2) is 59.5 Å². The number of hydrogen-bond donors (Lipinski definition) is 4. The molecule has 1 aliphatic carbocycles. The van der Waals surface area contributed by atoms with E-state index in [1.165, 1.54) is 12.8 Å². The van der Waals surface area contributed by atoms with Gasteiger partial charge in [-0.1, -0.05) is 18.2 Å². The van der Waals surface area contributed by atoms with E-state index in [1.54, 1.807) is 6.20 Å². The van der Waals surface area contributed by atoms with Crippen LogP contribution in [0.25, 0.3) is 11.0 Å². The monoisotopic (exact) mass is 513 g/mol. The second kappa shape index (κ2) is 8.94. The van der Waals surface area contributed by atoms with Gasteiger partial charge in [0.25, 0.3) is 0 Å². The molecule has 9 nitrogen and oxygen atoms in total. The maximum atomic E-state index is 11.0. The first-order valence-corrected chi connectivity index (χ1v) is 11.9. The summed E-state index contributed by atoms with van der Waals surface area (Å²) in [6.07, 6.45) is 5.97. The highest BCUT2D eigenvalue weighted by molar-refractivity contribution is 9.10. The van der Waals surface area contributed by atoms with Crippen molar-refractivity contribution in [1.29, 1.82) is 0 Å². The molecule has 1 fully saturated rings. The van der Waals surface area contributed by atoms with Crippen molar-refractivity contribution in [3.05, 3.63) is 65.0 Å². The number of benzene rings is 2. The van der Waals surface area contributed by atoms with Crippen LogP contribution in [0.2, 0.25) is 0 Å². The number of anilines is 4. The minimum absolute atomic E-state index is 0.231. The Hall–Kier alpha value is -2.86. The fraction of sp³-hybridized carbons (Fsp3) is 0.190. The maximum absolute atomic E-state index is 11.0. The lowest BCUT2D eigenvalue weighted by Gasteiger charge is -2.13. The van der Waals surface area contributed by atoms with Crippen LogP contribution in [-0.2, 0) is 17.8 Å². The lowest BCUT2D eigenvalue weighted by atomic mass is 10.2. The molecule has 1 aliphatic rings. The largest absolute Gasteiger partial charge is 0.339 e. The molecule has 1 saturated carbocycles. The molecular formula is C21H20BrN7O2S. The zero-order chi connectivity index (χ0) is 22.1. The van der Waals surface area contributed by atoms with Crippen LogP contribution < -0.4 is 15.4 Å². The number of imidazole rings is 1. The summed E-state index contributed by atoms with van der Waals surface area (Å²) in [5.74, 6) is 1.02. The average molecular weight is 514 g/mol. The molecule has 5 rings (SSSR count). The molecule has 4 N–H and O–H groups in total. The molecule has 11 heteroatoms. The van der Waals surface area contributed by atoms with Crippen LogP contribution in [0.3, 0.4) is 0 Å². The lowest BCUT2D eigenvalue weighted by Crippen LogP contribution is -2.16. The Labute approximate surface area is 195 Å². The molecular weight excluding hydrogens is 494 g/mol. The summed E-state index contributed by atoms with van der Waals surface area (Å²) >= 11 is 1.40. The molecule has 0 spiro atoms. The fourth-order valence-electron chi connectivity index (χ4n) is 3.46. The van der Waals surface area contributed by atoms with E-state index in [0.717, 1.165) is 28.0 Å². The van der Waals surface area contributed by atoms with Crippen molar-refractivity contribution in [3.63, 3.8) is 0 Å². The molecule has 0 saturated heterocycles. The van der Waals surface area contributed by atoms with Crippen molar-refractivity contribution in [2.75, 3.05) is 10.6 Å². The van der Waals surface area contributed by atoms with Gasteiger partial charge in [-0.25, -0.2) is 18.9 Å². The van der Waals surface area contributed by atoms with Crippen LogP contribution in [0.5, 0.6) is 0 Å². The summed E-state index contributed by atoms with van der Waals surface area (Å²) in [5.41, 5.74) is 4.54. The van der Waals surface area contributed by atoms with Gasteiger partial charge in [-0.3, -0.25) is 4.55 Å². The Kier molecular flexibility index (Phi) is 5.87. The maximum Gasteiger partial charge on any atom is 0.232 e. The third kappa shape index (κ3) is 4.65. The van der Waals surface area contributed by atoms with Crippen LogP contribution in [0.4, 0.5) is 23.1 Å². The second-order valence-corrected chi connectivity index (χ2v) is 9.10. The summed E-state index contributed by atoms with van der Waals surface area (Å²) in [7, 11) is 0. The molecule has 0 amide bonds. The molecule has 2 heterocycles. The minimum atomic E-state index is -2.09. The SMILES string of the molecule is O=S(O)NCc1ccccc1Nc1nc(Nc2ccc3ncn(C4CC4)c3c2)ncc1Br. The summed E-state index contributed by atoms with van der Waals surface area (Å²) in [6, 6.07) is 14.1. The Balaban J connectivity index is 1.38. The molecule has 1 atom stereocenters. The van der Waals surface area contributed by atoms with E-state index in [9.17, 15) is 4.21 Å². The summed E-state index contributed by atoms with van der Waals surface area (Å²) < 4.78 is 25.4. The molecule has 1 unspecified atom stereocenters. The topological polar surface area (TPSA) is 117 Å². The van der Waals surface area contributed by atoms with Gasteiger partial charge in [0, 0.05) is 30.2 Å². The quantitative estimate of drug-likeness (QED) is 0.253. The van der Waals surface area contributed by atoms with Crippen molar-refractivity contribution in [2.45, 2.75) is 25.4 Å². The van der Waals surface area contributed by atoms with E-state index in [2.05, 4.69) is 56.9 Å². The number of nitrogens with one attached hydrogen (secondary N) is 3. The van der Waals surface area contributed by atoms with Crippen LogP contribution in [-0.4, -0.2) is 28.3 Å². The van der Waals surface area contributed by atoms with Gasteiger partial charge in [0.1, 0.15) is 5.82 Å². The Morgan fingerprint density at radius 1 is 1.16 bits per heavy atom. The van der Waals surface area contributed by atoms with E-state index < -0.39 is 11.3 Å². The van der Waals surface area contributed by atoms with Crippen molar-refractivity contribution >= 4 is 61.4 Å². The number of aromatic nitrogens is 4. The number of rotatable bonds is 8. The van der Waals surface area contributed by atoms with Crippen molar-refractivity contribution < 1.29 is 8.76 Å². The number of halogens is 1. The zero-order valence-electron chi connectivity index (χ0n) is 16.8. The lowest BCUT2D eigenvalue weighted by molar-refractivity contribution is 0.549. The van der Waals surface area contributed by atoms with Gasteiger partial charge in [-0.05, 0) is 58.6 Å². The van der Waals surface area contributed by atoms with E-state index >= 15 is 0 Å². The van der Waals surface area contributed by atoms with E-state index in [4.69, 9.17) is 4.55 Å². The summed E-state index contributed by atoms with van der Waals surface area (Å²) in [5, 5.41) is 6.55. The normalized spacial score (nSPS) is 14.4. The molecule has 0 bridgehead atoms. The Bertz CT molecular complexity index is 1310. The molecule has 2 aromatic carbocycles. The summed E-state index contributed by atoms with van der Waals surface area (Å²) in [4.78, 5) is 13.5. The first-order valence-electron chi connectivity index (χ1n) is 10.0. The fourth-order valence-corrected chi connectivity index (χ4v) is 4.02. The van der Waals surface area contributed by atoms with E-state index in [1.807, 2.05) is 42.7 Å². The molecule has 2 aromatic heterocycles. The molecule has 32 heavy (non-hydrogen) atoms. The highest BCUT2D eigenvalue weighted by atomic mass is 79.9. The Morgan fingerprint density at radius 2 is 2.00 bits per heavy atom. The number of para-hydroxylation sites is 1. The van der Waals surface area contributed by atoms with Gasteiger partial charge in [0.05, 0.1) is 21.8 Å². The van der Waals surface area contributed by atoms with Gasteiger partial charge in [0.2, 0.25) is 17.2 Å². The van der Waals surface area contributed by atoms with Gasteiger partial charge in [-0.2, -0.15) is 4.98 Å². The second-order valence-electron chi connectivity index (χ2n) is 7.45. The van der Waals surface area contributed by atoms with E-state index in [-0.39, 0.29) is 6.54 Å². The summed E-state index contributed by atoms with van der Waals surface area (Å²) in [6.45, 7) is 0.231. The Morgan fingerprint density at radius 3 is 2.81 bits per heavy atom. The number of fused-ring (bicyclic) bond motifs is 1.